The molecule has 3 aromatic rings. The third kappa shape index (κ3) is 4.70. The molecule has 0 unspecified atom stereocenters. The van der Waals surface area contributed by atoms with Gasteiger partial charge in [0, 0.05) is 49.7 Å². The van der Waals surface area contributed by atoms with E-state index in [1.165, 1.54) is 21.8 Å². The first-order chi connectivity index (χ1) is 14.0. The van der Waals surface area contributed by atoms with E-state index >= 15 is 0 Å². The Morgan fingerprint density at radius 2 is 1.76 bits per heavy atom. The third-order valence-corrected chi connectivity index (χ3v) is 6.63. The lowest BCUT2D eigenvalue weighted by Gasteiger charge is -2.33. The van der Waals surface area contributed by atoms with Crippen molar-refractivity contribution in [1.29, 1.82) is 0 Å². The van der Waals surface area contributed by atoms with Gasteiger partial charge in [-0.15, -0.1) is 0 Å². The summed E-state index contributed by atoms with van der Waals surface area (Å²) in [6, 6.07) is 16.0. The first-order valence-electron chi connectivity index (χ1n) is 9.50. The van der Waals surface area contributed by atoms with E-state index in [1.807, 2.05) is 36.4 Å². The predicted molar refractivity (Wildman–Crippen MR) is 113 cm³/mol. The fourth-order valence-corrected chi connectivity index (χ4v) is 4.72. The van der Waals surface area contributed by atoms with E-state index in [-0.39, 0.29) is 5.82 Å². The van der Waals surface area contributed by atoms with Crippen LogP contribution in [-0.2, 0) is 16.6 Å². The van der Waals surface area contributed by atoms with Crippen LogP contribution in [0, 0.1) is 5.82 Å². The number of rotatable bonds is 5. The van der Waals surface area contributed by atoms with E-state index in [4.69, 9.17) is 0 Å². The molecule has 1 aliphatic heterocycles. The predicted octanol–water partition coefficient (Wildman–Crippen LogP) is 3.49. The van der Waals surface area contributed by atoms with Gasteiger partial charge >= 0.3 is 0 Å². The van der Waals surface area contributed by atoms with E-state index in [0.717, 1.165) is 22.0 Å². The van der Waals surface area contributed by atoms with Gasteiger partial charge in [-0.2, -0.15) is 4.31 Å². The van der Waals surface area contributed by atoms with Gasteiger partial charge in [-0.3, -0.25) is 9.88 Å². The van der Waals surface area contributed by atoms with Crippen molar-refractivity contribution in [3.05, 3.63) is 83.1 Å². The molecule has 2 heterocycles. The first kappa shape index (κ1) is 19.7. The first-order valence-corrected chi connectivity index (χ1v) is 11.0. The van der Waals surface area contributed by atoms with Crippen LogP contribution in [0.5, 0.6) is 0 Å². The van der Waals surface area contributed by atoms with Crippen LogP contribution >= 0.6 is 0 Å². The molecule has 1 aliphatic rings. The summed E-state index contributed by atoms with van der Waals surface area (Å²) in [7, 11) is -3.47. The summed E-state index contributed by atoms with van der Waals surface area (Å²) >= 11 is 0. The standard InChI is InChI=1S/C22H22FN3O2S/c23-21-15-19-7-4-9-24-22(19)20(16-21)17-25-10-12-26(13-11-25)29(27,28)14-8-18-5-2-1-3-6-18/h1-9,14-16H,10-13,17H2/b14-8+. The van der Waals surface area contributed by atoms with Crippen LogP contribution in [0.25, 0.3) is 17.0 Å². The van der Waals surface area contributed by atoms with E-state index in [9.17, 15) is 12.8 Å². The molecule has 29 heavy (non-hydrogen) atoms. The van der Waals surface area contributed by atoms with Gasteiger partial charge in [0.1, 0.15) is 5.82 Å². The van der Waals surface area contributed by atoms with Gasteiger partial charge in [0.25, 0.3) is 0 Å². The van der Waals surface area contributed by atoms with Gasteiger partial charge in [-0.25, -0.2) is 12.8 Å². The zero-order valence-corrected chi connectivity index (χ0v) is 16.7. The second kappa shape index (κ2) is 8.41. The number of hydrogen-bond acceptors (Lipinski definition) is 4. The Labute approximate surface area is 170 Å². The van der Waals surface area contributed by atoms with Crippen molar-refractivity contribution < 1.29 is 12.8 Å². The van der Waals surface area contributed by atoms with Crippen LogP contribution in [0.3, 0.4) is 0 Å². The fourth-order valence-electron chi connectivity index (χ4n) is 3.55. The normalized spacial score (nSPS) is 16.6. The maximum atomic E-state index is 14.0. The van der Waals surface area contributed by atoms with Crippen LogP contribution < -0.4 is 0 Å². The Morgan fingerprint density at radius 1 is 1.00 bits per heavy atom. The topological polar surface area (TPSA) is 53.5 Å². The van der Waals surface area contributed by atoms with Crippen molar-refractivity contribution >= 4 is 27.0 Å². The lowest BCUT2D eigenvalue weighted by atomic mass is 10.1. The molecule has 7 heteroatoms. The summed E-state index contributed by atoms with van der Waals surface area (Å²) in [6.45, 7) is 2.52. The molecule has 0 amide bonds. The minimum absolute atomic E-state index is 0.284. The molecule has 0 spiro atoms. The number of sulfonamides is 1. The molecule has 150 valence electrons. The molecular weight excluding hydrogens is 389 g/mol. The molecule has 1 fully saturated rings. The van der Waals surface area contributed by atoms with Crippen molar-refractivity contribution in [3.8, 4) is 0 Å². The molecule has 2 aromatic carbocycles. The van der Waals surface area contributed by atoms with Crippen LogP contribution in [0.15, 0.2) is 66.2 Å². The zero-order valence-electron chi connectivity index (χ0n) is 15.9. The average Bonchev–Trinajstić information content (AvgIpc) is 2.73. The van der Waals surface area contributed by atoms with Gasteiger partial charge < -0.3 is 0 Å². The summed E-state index contributed by atoms with van der Waals surface area (Å²) in [5, 5.41) is 2.04. The number of pyridine rings is 1. The van der Waals surface area contributed by atoms with Gasteiger partial charge in [0.15, 0.2) is 0 Å². The van der Waals surface area contributed by atoms with E-state index < -0.39 is 10.0 Å². The Kier molecular flexibility index (Phi) is 5.71. The fraction of sp³-hybridized carbons (Fsp3) is 0.227. The van der Waals surface area contributed by atoms with Crippen molar-refractivity contribution in [3.63, 3.8) is 0 Å². The number of nitrogens with zero attached hydrogens (tertiary/aromatic N) is 3. The number of hydrogen-bond donors (Lipinski definition) is 0. The van der Waals surface area contributed by atoms with E-state index in [1.54, 1.807) is 18.3 Å². The Morgan fingerprint density at radius 3 is 2.52 bits per heavy atom. The van der Waals surface area contributed by atoms with Crippen LogP contribution in [0.4, 0.5) is 4.39 Å². The Balaban J connectivity index is 1.42. The molecule has 0 atom stereocenters. The smallest absolute Gasteiger partial charge is 0.236 e. The summed E-state index contributed by atoms with van der Waals surface area (Å²) < 4.78 is 40.7. The molecule has 1 saturated heterocycles. The highest BCUT2D eigenvalue weighted by atomic mass is 32.2. The summed E-state index contributed by atoms with van der Waals surface area (Å²) in [4.78, 5) is 6.52. The monoisotopic (exact) mass is 411 g/mol. The highest BCUT2D eigenvalue weighted by molar-refractivity contribution is 7.92. The average molecular weight is 412 g/mol. The van der Waals surface area contributed by atoms with Crippen molar-refractivity contribution in [2.24, 2.45) is 0 Å². The number of piperazine rings is 1. The van der Waals surface area contributed by atoms with Crippen LogP contribution in [-0.4, -0.2) is 48.8 Å². The van der Waals surface area contributed by atoms with Gasteiger partial charge in [0.05, 0.1) is 5.52 Å². The van der Waals surface area contributed by atoms with Crippen molar-refractivity contribution in [1.82, 2.24) is 14.2 Å². The van der Waals surface area contributed by atoms with E-state index in [0.29, 0.717) is 32.7 Å². The molecular formula is C22H22FN3O2S. The van der Waals surface area contributed by atoms with Crippen LogP contribution in [0.1, 0.15) is 11.1 Å². The minimum Gasteiger partial charge on any atom is -0.296 e. The second-order valence-electron chi connectivity index (χ2n) is 7.07. The molecule has 5 nitrogen and oxygen atoms in total. The van der Waals surface area contributed by atoms with Gasteiger partial charge in [-0.05, 0) is 35.4 Å². The van der Waals surface area contributed by atoms with Crippen molar-refractivity contribution in [2.45, 2.75) is 6.54 Å². The van der Waals surface area contributed by atoms with Crippen molar-refractivity contribution in [2.75, 3.05) is 26.2 Å². The summed E-state index contributed by atoms with van der Waals surface area (Å²) in [5.74, 6) is -0.284. The second-order valence-corrected chi connectivity index (χ2v) is 8.89. The SMILES string of the molecule is O=S(=O)(/C=C/c1ccccc1)N1CCN(Cc2cc(F)cc3cccnc23)CC1. The number of benzene rings is 2. The molecule has 0 radical (unpaired) electrons. The molecule has 1 aromatic heterocycles. The largest absolute Gasteiger partial charge is 0.296 e. The molecule has 0 saturated carbocycles. The zero-order chi connectivity index (χ0) is 20.3. The maximum absolute atomic E-state index is 14.0. The Bertz CT molecular complexity index is 1130. The van der Waals surface area contributed by atoms with Gasteiger partial charge in [-0.1, -0.05) is 36.4 Å². The lowest BCUT2D eigenvalue weighted by molar-refractivity contribution is 0.183. The maximum Gasteiger partial charge on any atom is 0.236 e. The number of fused-ring (bicyclic) bond motifs is 1. The quantitative estimate of drug-likeness (QED) is 0.645. The molecule has 4 rings (SSSR count). The summed E-state index contributed by atoms with van der Waals surface area (Å²) in [6.07, 6.45) is 3.32. The molecule has 0 N–H and O–H groups in total. The number of aromatic nitrogens is 1. The van der Waals surface area contributed by atoms with Crippen LogP contribution in [0.2, 0.25) is 0 Å². The van der Waals surface area contributed by atoms with E-state index in [2.05, 4.69) is 9.88 Å². The van der Waals surface area contributed by atoms with Gasteiger partial charge in [0.2, 0.25) is 10.0 Å². The molecule has 0 aliphatic carbocycles. The highest BCUT2D eigenvalue weighted by Gasteiger charge is 2.25. The molecule has 0 bridgehead atoms. The highest BCUT2D eigenvalue weighted by Crippen LogP contribution is 2.21. The Hall–Kier alpha value is -2.61. The third-order valence-electron chi connectivity index (χ3n) is 5.07. The lowest BCUT2D eigenvalue weighted by Crippen LogP contribution is -2.47. The summed E-state index contributed by atoms with van der Waals surface area (Å²) in [5.41, 5.74) is 2.45. The minimum atomic E-state index is -3.47. The number of halogens is 1.